The molecule has 1 unspecified atom stereocenters. The van der Waals surface area contributed by atoms with Crippen molar-refractivity contribution < 1.29 is 4.74 Å². The number of ether oxygens (including phenoxy) is 1. The Kier molecular flexibility index (Phi) is 22.9. The Hall–Kier alpha value is -0.0800. The summed E-state index contributed by atoms with van der Waals surface area (Å²) in [5.74, 6) is 0. The number of hydrogen-bond donors (Lipinski definition) is 1. The van der Waals surface area contributed by atoms with Crippen LogP contribution in [0.15, 0.2) is 0 Å². The van der Waals surface area contributed by atoms with Crippen LogP contribution in [-0.2, 0) is 4.74 Å². The fourth-order valence-electron chi connectivity index (χ4n) is 3.56. The van der Waals surface area contributed by atoms with Crippen LogP contribution in [-0.4, -0.2) is 19.3 Å². The topological polar surface area (TPSA) is 35.2 Å². The Morgan fingerprint density at radius 2 is 0.846 bits per heavy atom. The Balaban J connectivity index is 3.08. The number of rotatable bonds is 22. The zero-order valence-electron chi connectivity index (χ0n) is 18.4. The van der Waals surface area contributed by atoms with Crippen LogP contribution < -0.4 is 5.73 Å². The van der Waals surface area contributed by atoms with E-state index < -0.39 is 0 Å². The average Bonchev–Trinajstić information content (AvgIpc) is 2.64. The standard InChI is InChI=1S/C24H51NO/c1-3-5-7-9-10-11-12-13-15-18-22-26-23-19-17-21-24(25)20-16-14-8-6-4-2/h24H,3-23,25H2,1-2H3. The summed E-state index contributed by atoms with van der Waals surface area (Å²) in [6.45, 7) is 6.44. The summed E-state index contributed by atoms with van der Waals surface area (Å²) in [6, 6.07) is 0.415. The fourth-order valence-corrected chi connectivity index (χ4v) is 3.56. The van der Waals surface area contributed by atoms with Crippen LogP contribution in [0.2, 0.25) is 0 Å². The Bertz CT molecular complexity index is 244. The van der Waals surface area contributed by atoms with Crippen molar-refractivity contribution in [2.24, 2.45) is 5.73 Å². The molecule has 0 aliphatic carbocycles. The molecule has 0 spiro atoms. The minimum absolute atomic E-state index is 0.415. The highest BCUT2D eigenvalue weighted by Crippen LogP contribution is 2.11. The maximum absolute atomic E-state index is 6.20. The van der Waals surface area contributed by atoms with Crippen molar-refractivity contribution in [3.8, 4) is 0 Å². The van der Waals surface area contributed by atoms with Crippen molar-refractivity contribution in [3.05, 3.63) is 0 Å². The lowest BCUT2D eigenvalue weighted by Crippen LogP contribution is -2.19. The maximum Gasteiger partial charge on any atom is 0.0466 e. The second-order valence-corrected chi connectivity index (χ2v) is 8.25. The molecule has 0 aromatic carbocycles. The second kappa shape index (κ2) is 23.0. The van der Waals surface area contributed by atoms with E-state index in [1.54, 1.807) is 0 Å². The first-order valence-electron chi connectivity index (χ1n) is 12.1. The molecule has 0 rings (SSSR count). The lowest BCUT2D eigenvalue weighted by atomic mass is 10.0. The molecule has 0 bridgehead atoms. The van der Waals surface area contributed by atoms with E-state index in [4.69, 9.17) is 10.5 Å². The molecule has 2 N–H and O–H groups in total. The van der Waals surface area contributed by atoms with Gasteiger partial charge in [-0.3, -0.25) is 0 Å². The summed E-state index contributed by atoms with van der Waals surface area (Å²) in [5, 5.41) is 0. The smallest absolute Gasteiger partial charge is 0.0466 e. The molecule has 0 aliphatic rings. The Morgan fingerprint density at radius 1 is 0.500 bits per heavy atom. The van der Waals surface area contributed by atoms with Crippen LogP contribution >= 0.6 is 0 Å². The normalized spacial score (nSPS) is 12.6. The van der Waals surface area contributed by atoms with Gasteiger partial charge in [0.1, 0.15) is 0 Å². The summed E-state index contributed by atoms with van der Waals surface area (Å²) in [6.07, 6.45) is 25.5. The molecule has 0 saturated heterocycles. The third-order valence-electron chi connectivity index (χ3n) is 5.43. The number of unbranched alkanes of at least 4 members (excludes halogenated alkanes) is 14. The molecule has 1 atom stereocenters. The zero-order chi connectivity index (χ0) is 19.1. The van der Waals surface area contributed by atoms with E-state index in [1.807, 2.05) is 0 Å². The van der Waals surface area contributed by atoms with Gasteiger partial charge in [-0.15, -0.1) is 0 Å². The zero-order valence-corrected chi connectivity index (χ0v) is 18.4. The molecule has 0 aromatic heterocycles. The van der Waals surface area contributed by atoms with Gasteiger partial charge in [0.25, 0.3) is 0 Å². The molecule has 0 heterocycles. The van der Waals surface area contributed by atoms with Gasteiger partial charge >= 0.3 is 0 Å². The number of hydrogen-bond acceptors (Lipinski definition) is 2. The van der Waals surface area contributed by atoms with E-state index in [1.165, 1.54) is 122 Å². The van der Waals surface area contributed by atoms with Gasteiger partial charge in [0, 0.05) is 19.3 Å². The molecular weight excluding hydrogens is 318 g/mol. The minimum Gasteiger partial charge on any atom is -0.381 e. The van der Waals surface area contributed by atoms with Gasteiger partial charge < -0.3 is 10.5 Å². The summed E-state index contributed by atoms with van der Waals surface area (Å²) >= 11 is 0. The lowest BCUT2D eigenvalue weighted by molar-refractivity contribution is 0.125. The first-order chi connectivity index (χ1) is 12.8. The molecule has 26 heavy (non-hydrogen) atoms. The van der Waals surface area contributed by atoms with E-state index >= 15 is 0 Å². The van der Waals surface area contributed by atoms with Crippen molar-refractivity contribution >= 4 is 0 Å². The van der Waals surface area contributed by atoms with Gasteiger partial charge in [0.2, 0.25) is 0 Å². The van der Waals surface area contributed by atoms with Crippen molar-refractivity contribution in [3.63, 3.8) is 0 Å². The highest BCUT2D eigenvalue weighted by atomic mass is 16.5. The van der Waals surface area contributed by atoms with Gasteiger partial charge in [-0.2, -0.15) is 0 Å². The molecule has 158 valence electrons. The van der Waals surface area contributed by atoms with Crippen molar-refractivity contribution in [1.29, 1.82) is 0 Å². The van der Waals surface area contributed by atoms with Crippen molar-refractivity contribution in [2.75, 3.05) is 13.2 Å². The predicted octanol–water partition coefficient (Wildman–Crippen LogP) is 7.78. The van der Waals surface area contributed by atoms with Crippen LogP contribution in [0.5, 0.6) is 0 Å². The van der Waals surface area contributed by atoms with Crippen LogP contribution in [0.4, 0.5) is 0 Å². The predicted molar refractivity (Wildman–Crippen MR) is 118 cm³/mol. The quantitative estimate of drug-likeness (QED) is 0.198. The second-order valence-electron chi connectivity index (χ2n) is 8.25. The third kappa shape index (κ3) is 22.0. The van der Waals surface area contributed by atoms with Crippen LogP contribution in [0.1, 0.15) is 136 Å². The van der Waals surface area contributed by atoms with E-state index in [0.29, 0.717) is 6.04 Å². The molecule has 0 amide bonds. The highest BCUT2D eigenvalue weighted by Gasteiger charge is 2.02. The summed E-state index contributed by atoms with van der Waals surface area (Å²) in [5.41, 5.74) is 6.20. The molecule has 0 fully saturated rings. The molecule has 2 heteroatoms. The molecule has 0 saturated carbocycles. The summed E-state index contributed by atoms with van der Waals surface area (Å²) in [4.78, 5) is 0. The lowest BCUT2D eigenvalue weighted by Gasteiger charge is -2.11. The maximum atomic E-state index is 6.20. The monoisotopic (exact) mass is 369 g/mol. The third-order valence-corrected chi connectivity index (χ3v) is 5.43. The molecule has 0 radical (unpaired) electrons. The van der Waals surface area contributed by atoms with Crippen LogP contribution in [0.25, 0.3) is 0 Å². The largest absolute Gasteiger partial charge is 0.381 e. The summed E-state index contributed by atoms with van der Waals surface area (Å²) < 4.78 is 5.77. The van der Waals surface area contributed by atoms with Crippen LogP contribution in [0.3, 0.4) is 0 Å². The van der Waals surface area contributed by atoms with Gasteiger partial charge in [0.15, 0.2) is 0 Å². The minimum atomic E-state index is 0.415. The first-order valence-corrected chi connectivity index (χ1v) is 12.1. The molecular formula is C24H51NO. The van der Waals surface area contributed by atoms with Gasteiger partial charge in [-0.25, -0.2) is 0 Å². The SMILES string of the molecule is CCCCCCCCCCCCOCCCCC(N)CCCCCCC. The van der Waals surface area contributed by atoms with E-state index in [0.717, 1.165) is 13.2 Å². The van der Waals surface area contributed by atoms with Crippen molar-refractivity contribution in [1.82, 2.24) is 0 Å². The molecule has 2 nitrogen and oxygen atoms in total. The van der Waals surface area contributed by atoms with E-state index in [9.17, 15) is 0 Å². The molecule has 0 aromatic rings. The fraction of sp³-hybridized carbons (Fsp3) is 1.00. The first kappa shape index (κ1) is 25.9. The van der Waals surface area contributed by atoms with Crippen molar-refractivity contribution in [2.45, 2.75) is 142 Å². The van der Waals surface area contributed by atoms with Crippen LogP contribution in [0, 0.1) is 0 Å². The van der Waals surface area contributed by atoms with Gasteiger partial charge in [-0.1, -0.05) is 104 Å². The van der Waals surface area contributed by atoms with Gasteiger partial charge in [-0.05, 0) is 32.1 Å². The molecule has 0 aliphatic heterocycles. The van der Waals surface area contributed by atoms with E-state index in [-0.39, 0.29) is 0 Å². The Labute approximate surface area is 166 Å². The Morgan fingerprint density at radius 3 is 1.35 bits per heavy atom. The van der Waals surface area contributed by atoms with Gasteiger partial charge in [0.05, 0.1) is 0 Å². The highest BCUT2D eigenvalue weighted by molar-refractivity contribution is 4.61. The van der Waals surface area contributed by atoms with E-state index in [2.05, 4.69) is 13.8 Å². The number of nitrogens with two attached hydrogens (primary N) is 1. The summed E-state index contributed by atoms with van der Waals surface area (Å²) in [7, 11) is 0. The average molecular weight is 370 g/mol.